The molecule has 1 heterocycles. The molecule has 0 aromatic heterocycles. The summed E-state index contributed by atoms with van der Waals surface area (Å²) in [5, 5.41) is 2.70. The lowest BCUT2D eigenvalue weighted by Crippen LogP contribution is -2.41. The van der Waals surface area contributed by atoms with Crippen LogP contribution in [0.1, 0.15) is 23.2 Å². The highest BCUT2D eigenvalue weighted by molar-refractivity contribution is 14.1. The Labute approximate surface area is 133 Å². The van der Waals surface area contributed by atoms with Crippen molar-refractivity contribution in [1.29, 1.82) is 0 Å². The number of nitrogens with zero attached hydrogens (tertiary/aromatic N) is 1. The zero-order chi connectivity index (χ0) is 14.5. The second-order valence-electron chi connectivity index (χ2n) is 5.09. The highest BCUT2D eigenvalue weighted by Gasteiger charge is 2.25. The molecule has 1 aliphatic heterocycles. The van der Waals surface area contributed by atoms with E-state index < -0.39 is 0 Å². The minimum absolute atomic E-state index is 0.102. The second kappa shape index (κ2) is 7.17. The Balaban J connectivity index is 1.85. The van der Waals surface area contributed by atoms with Gasteiger partial charge in [-0.25, -0.2) is 0 Å². The van der Waals surface area contributed by atoms with Crippen LogP contribution in [0.3, 0.4) is 0 Å². The van der Waals surface area contributed by atoms with Crippen molar-refractivity contribution in [2.75, 3.05) is 26.7 Å². The number of carbonyl (C=O) groups excluding carboxylic acids is 2. The van der Waals surface area contributed by atoms with Crippen LogP contribution < -0.4 is 5.32 Å². The van der Waals surface area contributed by atoms with Gasteiger partial charge < -0.3 is 5.32 Å². The Bertz CT molecular complexity index is 479. The number of ketones is 1. The number of likely N-dealkylation sites (tertiary alicyclic amines) is 1. The van der Waals surface area contributed by atoms with E-state index in [0.717, 1.165) is 35.1 Å². The fraction of sp³-hybridized carbons (Fsp3) is 0.467. The number of hydrogen-bond donors (Lipinski definition) is 1. The number of rotatable bonds is 4. The summed E-state index contributed by atoms with van der Waals surface area (Å²) >= 11 is 2.23. The number of nitrogens with one attached hydrogen (secondary N) is 1. The van der Waals surface area contributed by atoms with Crippen LogP contribution in [0, 0.1) is 9.49 Å². The lowest BCUT2D eigenvalue weighted by atomic mass is 9.95. The van der Waals surface area contributed by atoms with Gasteiger partial charge in [0, 0.05) is 22.1 Å². The van der Waals surface area contributed by atoms with Crippen LogP contribution >= 0.6 is 22.6 Å². The quantitative estimate of drug-likeness (QED) is 0.636. The minimum atomic E-state index is 0.102. The van der Waals surface area contributed by atoms with Crippen LogP contribution in [0.15, 0.2) is 24.3 Å². The van der Waals surface area contributed by atoms with Gasteiger partial charge in [0.15, 0.2) is 5.78 Å². The van der Waals surface area contributed by atoms with Crippen molar-refractivity contribution in [2.45, 2.75) is 12.8 Å². The Morgan fingerprint density at radius 1 is 1.25 bits per heavy atom. The van der Waals surface area contributed by atoms with Crippen molar-refractivity contribution < 1.29 is 9.59 Å². The van der Waals surface area contributed by atoms with Crippen molar-refractivity contribution in [2.24, 2.45) is 5.92 Å². The Hall–Kier alpha value is -0.950. The lowest BCUT2D eigenvalue weighted by Gasteiger charge is -2.30. The Morgan fingerprint density at radius 2 is 1.85 bits per heavy atom. The van der Waals surface area contributed by atoms with Gasteiger partial charge >= 0.3 is 0 Å². The largest absolute Gasteiger partial charge is 0.359 e. The standard InChI is InChI=1S/C15H19IN2O2/c1-17-15(20)12-6-8-18(9-7-12)10-14(19)11-2-4-13(16)5-3-11/h2-5,12H,6-10H2,1H3,(H,17,20). The maximum Gasteiger partial charge on any atom is 0.222 e. The van der Waals surface area contributed by atoms with E-state index in [1.807, 2.05) is 24.3 Å². The summed E-state index contributed by atoms with van der Waals surface area (Å²) in [6.45, 7) is 2.07. The van der Waals surface area contributed by atoms with Gasteiger partial charge in [-0.2, -0.15) is 0 Å². The number of halogens is 1. The molecular weight excluding hydrogens is 367 g/mol. The lowest BCUT2D eigenvalue weighted by molar-refractivity contribution is -0.125. The molecule has 0 bridgehead atoms. The molecule has 2 rings (SSSR count). The molecule has 1 aliphatic rings. The van der Waals surface area contributed by atoms with Crippen LogP contribution in [0.25, 0.3) is 0 Å². The molecular formula is C15H19IN2O2. The van der Waals surface area contributed by atoms with Gasteiger partial charge in [0.2, 0.25) is 5.91 Å². The first-order chi connectivity index (χ1) is 9.60. The molecule has 0 aliphatic carbocycles. The first-order valence-electron chi connectivity index (χ1n) is 6.83. The monoisotopic (exact) mass is 386 g/mol. The second-order valence-corrected chi connectivity index (χ2v) is 6.34. The summed E-state index contributed by atoms with van der Waals surface area (Å²) in [7, 11) is 1.68. The zero-order valence-corrected chi connectivity index (χ0v) is 13.7. The van der Waals surface area contributed by atoms with Crippen LogP contribution in [-0.4, -0.2) is 43.3 Å². The van der Waals surface area contributed by atoms with E-state index in [-0.39, 0.29) is 17.6 Å². The predicted molar refractivity (Wildman–Crippen MR) is 86.7 cm³/mol. The van der Waals surface area contributed by atoms with Crippen molar-refractivity contribution in [3.05, 3.63) is 33.4 Å². The molecule has 0 spiro atoms. The SMILES string of the molecule is CNC(=O)C1CCN(CC(=O)c2ccc(I)cc2)CC1. The third-order valence-corrected chi connectivity index (χ3v) is 4.46. The Kier molecular flexibility index (Phi) is 5.54. The molecule has 1 amide bonds. The smallest absolute Gasteiger partial charge is 0.222 e. The van der Waals surface area contributed by atoms with E-state index in [9.17, 15) is 9.59 Å². The molecule has 0 atom stereocenters. The van der Waals surface area contributed by atoms with Gasteiger partial charge in [0.25, 0.3) is 0 Å². The van der Waals surface area contributed by atoms with E-state index in [2.05, 4.69) is 32.8 Å². The summed E-state index contributed by atoms with van der Waals surface area (Å²) in [5.41, 5.74) is 0.763. The maximum absolute atomic E-state index is 12.2. The van der Waals surface area contributed by atoms with Crippen molar-refractivity contribution in [3.63, 3.8) is 0 Å². The average molecular weight is 386 g/mol. The molecule has 1 N–H and O–H groups in total. The third-order valence-electron chi connectivity index (χ3n) is 3.74. The predicted octanol–water partition coefficient (Wildman–Crippen LogP) is 1.93. The van der Waals surface area contributed by atoms with E-state index in [1.165, 1.54) is 0 Å². The number of hydrogen-bond acceptors (Lipinski definition) is 3. The highest BCUT2D eigenvalue weighted by Crippen LogP contribution is 2.17. The molecule has 1 aromatic carbocycles. The highest BCUT2D eigenvalue weighted by atomic mass is 127. The van der Waals surface area contributed by atoms with Crippen molar-refractivity contribution >= 4 is 34.3 Å². The van der Waals surface area contributed by atoms with Gasteiger partial charge in [-0.3, -0.25) is 14.5 Å². The molecule has 108 valence electrons. The molecule has 0 radical (unpaired) electrons. The van der Waals surface area contributed by atoms with Crippen LogP contribution in [0.4, 0.5) is 0 Å². The minimum Gasteiger partial charge on any atom is -0.359 e. The maximum atomic E-state index is 12.2. The first kappa shape index (κ1) is 15.4. The fourth-order valence-corrected chi connectivity index (χ4v) is 2.85. The normalized spacial score (nSPS) is 16.9. The van der Waals surface area contributed by atoms with Gasteiger partial charge in [0.1, 0.15) is 0 Å². The number of benzene rings is 1. The molecule has 1 aromatic rings. The molecule has 4 nitrogen and oxygen atoms in total. The fourth-order valence-electron chi connectivity index (χ4n) is 2.49. The van der Waals surface area contributed by atoms with E-state index >= 15 is 0 Å². The Morgan fingerprint density at radius 3 is 2.40 bits per heavy atom. The van der Waals surface area contributed by atoms with Crippen LogP contribution in [0.2, 0.25) is 0 Å². The number of piperidine rings is 1. The van der Waals surface area contributed by atoms with E-state index in [4.69, 9.17) is 0 Å². The van der Waals surface area contributed by atoms with Gasteiger partial charge in [-0.15, -0.1) is 0 Å². The molecule has 1 saturated heterocycles. The van der Waals surface area contributed by atoms with Gasteiger partial charge in [-0.1, -0.05) is 12.1 Å². The average Bonchev–Trinajstić information content (AvgIpc) is 2.48. The van der Waals surface area contributed by atoms with Gasteiger partial charge in [0.05, 0.1) is 6.54 Å². The van der Waals surface area contributed by atoms with Gasteiger partial charge in [-0.05, 0) is 60.7 Å². The number of Topliss-reactive ketones (excluding diaryl/α,β-unsaturated/α-hetero) is 1. The van der Waals surface area contributed by atoms with Crippen molar-refractivity contribution in [1.82, 2.24) is 10.2 Å². The molecule has 5 heteroatoms. The van der Waals surface area contributed by atoms with Crippen molar-refractivity contribution in [3.8, 4) is 0 Å². The van der Waals surface area contributed by atoms with Crippen LogP contribution in [0.5, 0.6) is 0 Å². The third kappa shape index (κ3) is 4.02. The number of carbonyl (C=O) groups is 2. The molecule has 20 heavy (non-hydrogen) atoms. The molecule has 0 saturated carbocycles. The van der Waals surface area contributed by atoms with Crippen LogP contribution in [-0.2, 0) is 4.79 Å². The summed E-state index contributed by atoms with van der Waals surface area (Å²) in [5.74, 6) is 0.373. The number of amides is 1. The topological polar surface area (TPSA) is 49.4 Å². The van der Waals surface area contributed by atoms with E-state index in [1.54, 1.807) is 7.05 Å². The summed E-state index contributed by atoms with van der Waals surface area (Å²) in [6, 6.07) is 7.65. The zero-order valence-electron chi connectivity index (χ0n) is 11.6. The molecule has 1 fully saturated rings. The summed E-state index contributed by atoms with van der Waals surface area (Å²) in [4.78, 5) is 25.9. The molecule has 0 unspecified atom stereocenters. The first-order valence-corrected chi connectivity index (χ1v) is 7.90. The summed E-state index contributed by atoms with van der Waals surface area (Å²) in [6.07, 6.45) is 1.67. The summed E-state index contributed by atoms with van der Waals surface area (Å²) < 4.78 is 1.13. The van der Waals surface area contributed by atoms with E-state index in [0.29, 0.717) is 6.54 Å².